The number of fused-ring (bicyclic) bond motifs is 4. The first-order chi connectivity index (χ1) is 9.59. The number of ketones is 1. The molecular formula is C18H24O2. The smallest absolute Gasteiger partial charge is 0.137 e. The third kappa shape index (κ3) is 1.64. The number of aliphatic hydroxyl groups excluding tert-OH is 1. The number of carbonyl (C=O) groups is 1. The van der Waals surface area contributed by atoms with Crippen molar-refractivity contribution in [1.29, 1.82) is 0 Å². The second kappa shape index (κ2) is 4.30. The Bertz CT molecular complexity index is 528. The molecule has 3 fully saturated rings. The van der Waals surface area contributed by atoms with E-state index in [1.54, 1.807) is 5.57 Å². The molecule has 20 heavy (non-hydrogen) atoms. The van der Waals surface area contributed by atoms with Gasteiger partial charge in [-0.25, -0.2) is 0 Å². The van der Waals surface area contributed by atoms with E-state index >= 15 is 0 Å². The molecule has 1 unspecified atom stereocenters. The maximum absolute atomic E-state index is 11.7. The van der Waals surface area contributed by atoms with Gasteiger partial charge in [-0.1, -0.05) is 18.6 Å². The lowest BCUT2D eigenvalue weighted by Crippen LogP contribution is -2.41. The Kier molecular flexibility index (Phi) is 2.76. The van der Waals surface area contributed by atoms with Crippen molar-refractivity contribution in [2.75, 3.05) is 0 Å². The maximum Gasteiger partial charge on any atom is 0.137 e. The Hall–Kier alpha value is -0.890. The third-order valence-electron chi connectivity index (χ3n) is 6.66. The number of carbonyl (C=O) groups excluding carboxylic acids is 1. The minimum atomic E-state index is -0.0997. The molecule has 0 heterocycles. The van der Waals surface area contributed by atoms with Gasteiger partial charge in [0.2, 0.25) is 0 Å². The molecule has 3 saturated carbocycles. The van der Waals surface area contributed by atoms with Gasteiger partial charge >= 0.3 is 0 Å². The minimum Gasteiger partial charge on any atom is -0.393 e. The molecule has 0 radical (unpaired) electrons. The highest BCUT2D eigenvalue weighted by Crippen LogP contribution is 2.59. The zero-order valence-electron chi connectivity index (χ0n) is 12.3. The highest BCUT2D eigenvalue weighted by molar-refractivity contribution is 5.84. The van der Waals surface area contributed by atoms with Gasteiger partial charge in [0.05, 0.1) is 6.10 Å². The summed E-state index contributed by atoms with van der Waals surface area (Å²) in [6.07, 6.45) is 10.2. The number of hydrogen-bond acceptors (Lipinski definition) is 2. The predicted octanol–water partition coefficient (Wildman–Crippen LogP) is 3.55. The van der Waals surface area contributed by atoms with E-state index in [0.29, 0.717) is 24.0 Å². The fraction of sp³-hybridized carbons (Fsp3) is 0.722. The molecule has 4 aliphatic carbocycles. The summed E-state index contributed by atoms with van der Waals surface area (Å²) >= 11 is 0. The standard InChI is InChI=1S/C18H24O2/c1-18-9-8-14-13-5-3-12(19)10-11(13)2-4-15(14)16(18)6-7-17(18)20/h2,15-17,20H,3-10H2,1H3/t15-,16+,17?,18+/m1/s1. The number of allylic oxidation sites excluding steroid dienone is 4. The van der Waals surface area contributed by atoms with Gasteiger partial charge < -0.3 is 5.11 Å². The summed E-state index contributed by atoms with van der Waals surface area (Å²) in [5.74, 6) is 1.72. The molecule has 0 aliphatic heterocycles. The van der Waals surface area contributed by atoms with Crippen molar-refractivity contribution in [2.45, 2.75) is 64.4 Å². The Morgan fingerprint density at radius 1 is 1.25 bits per heavy atom. The van der Waals surface area contributed by atoms with E-state index in [0.717, 1.165) is 38.5 Å². The number of hydrogen-bond donors (Lipinski definition) is 1. The zero-order chi connectivity index (χ0) is 13.9. The van der Waals surface area contributed by atoms with Crippen molar-refractivity contribution in [2.24, 2.45) is 17.3 Å². The van der Waals surface area contributed by atoms with E-state index in [-0.39, 0.29) is 11.5 Å². The van der Waals surface area contributed by atoms with Gasteiger partial charge in [0.15, 0.2) is 0 Å². The van der Waals surface area contributed by atoms with Crippen LogP contribution in [0.25, 0.3) is 0 Å². The van der Waals surface area contributed by atoms with Crippen molar-refractivity contribution in [3.63, 3.8) is 0 Å². The fourth-order valence-electron chi connectivity index (χ4n) is 5.43. The SMILES string of the molecule is C[C@]12CCC3=C4CCC(=O)CC4=CC[C@H]3[C@@H]1CCC2O. The van der Waals surface area contributed by atoms with Crippen LogP contribution in [-0.4, -0.2) is 17.0 Å². The molecule has 4 rings (SSSR count). The van der Waals surface area contributed by atoms with Crippen molar-refractivity contribution >= 4 is 5.78 Å². The van der Waals surface area contributed by atoms with Gasteiger partial charge in [-0.15, -0.1) is 0 Å². The Balaban J connectivity index is 1.70. The zero-order valence-corrected chi connectivity index (χ0v) is 12.3. The van der Waals surface area contributed by atoms with Gasteiger partial charge in [0.1, 0.15) is 5.78 Å². The average molecular weight is 272 g/mol. The molecule has 0 saturated heterocycles. The van der Waals surface area contributed by atoms with Crippen molar-refractivity contribution in [1.82, 2.24) is 0 Å². The van der Waals surface area contributed by atoms with Crippen LogP contribution in [0.3, 0.4) is 0 Å². The Labute approximate surface area is 120 Å². The first-order valence-electron chi connectivity index (χ1n) is 8.20. The summed E-state index contributed by atoms with van der Waals surface area (Å²) in [4.78, 5) is 11.7. The molecule has 0 amide bonds. The first-order valence-corrected chi connectivity index (χ1v) is 8.20. The van der Waals surface area contributed by atoms with E-state index in [1.807, 2.05) is 0 Å². The van der Waals surface area contributed by atoms with Crippen LogP contribution in [0.1, 0.15) is 58.3 Å². The molecule has 0 spiro atoms. The lowest BCUT2D eigenvalue weighted by Gasteiger charge is -2.47. The second-order valence-electron chi connectivity index (χ2n) is 7.50. The lowest BCUT2D eigenvalue weighted by molar-refractivity contribution is -0.118. The second-order valence-corrected chi connectivity index (χ2v) is 7.50. The molecule has 0 aromatic heterocycles. The summed E-state index contributed by atoms with van der Waals surface area (Å²) in [7, 11) is 0. The van der Waals surface area contributed by atoms with Crippen molar-refractivity contribution in [3.05, 3.63) is 22.8 Å². The molecule has 2 nitrogen and oxygen atoms in total. The monoisotopic (exact) mass is 272 g/mol. The number of aliphatic hydroxyl groups is 1. The quantitative estimate of drug-likeness (QED) is 0.732. The average Bonchev–Trinajstić information content (AvgIpc) is 2.74. The van der Waals surface area contributed by atoms with Crippen LogP contribution in [0.2, 0.25) is 0 Å². The molecule has 0 aromatic rings. The predicted molar refractivity (Wildman–Crippen MR) is 78.1 cm³/mol. The molecular weight excluding hydrogens is 248 g/mol. The summed E-state index contributed by atoms with van der Waals surface area (Å²) in [6.45, 7) is 2.31. The van der Waals surface area contributed by atoms with Crippen molar-refractivity contribution < 1.29 is 9.90 Å². The molecule has 0 aromatic carbocycles. The molecule has 1 N–H and O–H groups in total. The van der Waals surface area contributed by atoms with E-state index in [2.05, 4.69) is 13.0 Å². The largest absolute Gasteiger partial charge is 0.393 e. The molecule has 4 atom stereocenters. The van der Waals surface area contributed by atoms with E-state index < -0.39 is 0 Å². The van der Waals surface area contributed by atoms with Gasteiger partial charge in [-0.3, -0.25) is 4.79 Å². The molecule has 108 valence electrons. The summed E-state index contributed by atoms with van der Waals surface area (Å²) in [5.41, 5.74) is 4.68. The minimum absolute atomic E-state index is 0.0997. The van der Waals surface area contributed by atoms with Gasteiger partial charge in [0.25, 0.3) is 0 Å². The van der Waals surface area contributed by atoms with Crippen LogP contribution in [0.4, 0.5) is 0 Å². The summed E-state index contributed by atoms with van der Waals surface area (Å²) in [6, 6.07) is 0. The highest BCUT2D eigenvalue weighted by atomic mass is 16.3. The summed E-state index contributed by atoms with van der Waals surface area (Å²) in [5, 5.41) is 10.4. The molecule has 2 heteroatoms. The third-order valence-corrected chi connectivity index (χ3v) is 6.66. The van der Waals surface area contributed by atoms with Crippen molar-refractivity contribution in [3.8, 4) is 0 Å². The van der Waals surface area contributed by atoms with Gasteiger partial charge in [0, 0.05) is 12.8 Å². The first kappa shape index (κ1) is 12.8. The maximum atomic E-state index is 11.7. The number of rotatable bonds is 0. The highest BCUT2D eigenvalue weighted by Gasteiger charge is 2.52. The van der Waals surface area contributed by atoms with Crippen LogP contribution >= 0.6 is 0 Å². The van der Waals surface area contributed by atoms with Crippen LogP contribution in [0, 0.1) is 17.3 Å². The van der Waals surface area contributed by atoms with Crippen LogP contribution in [-0.2, 0) is 4.79 Å². The molecule has 0 bridgehead atoms. The van der Waals surface area contributed by atoms with Gasteiger partial charge in [-0.2, -0.15) is 0 Å². The van der Waals surface area contributed by atoms with E-state index in [9.17, 15) is 9.90 Å². The topological polar surface area (TPSA) is 37.3 Å². The lowest BCUT2D eigenvalue weighted by atomic mass is 9.58. The molecule has 4 aliphatic rings. The van der Waals surface area contributed by atoms with E-state index in [1.165, 1.54) is 17.6 Å². The van der Waals surface area contributed by atoms with Crippen LogP contribution in [0.5, 0.6) is 0 Å². The van der Waals surface area contributed by atoms with Gasteiger partial charge in [-0.05, 0) is 66.9 Å². The summed E-state index contributed by atoms with van der Waals surface area (Å²) < 4.78 is 0. The Morgan fingerprint density at radius 2 is 2.10 bits per heavy atom. The number of Topliss-reactive ketones (excluding diaryl/α,β-unsaturated/α-hetero) is 1. The normalized spacial score (nSPS) is 43.8. The fourth-order valence-corrected chi connectivity index (χ4v) is 5.43. The van der Waals surface area contributed by atoms with E-state index in [4.69, 9.17) is 0 Å². The van der Waals surface area contributed by atoms with Crippen LogP contribution < -0.4 is 0 Å². The van der Waals surface area contributed by atoms with Crippen LogP contribution in [0.15, 0.2) is 22.8 Å². The Morgan fingerprint density at radius 3 is 2.95 bits per heavy atom.